The summed E-state index contributed by atoms with van der Waals surface area (Å²) in [5.41, 5.74) is 4.18. The van der Waals surface area contributed by atoms with Crippen molar-refractivity contribution in [2.75, 3.05) is 38.0 Å². The molecular weight excluding hydrogens is 426 g/mol. The molecule has 0 atom stereocenters. The third-order valence-corrected chi connectivity index (χ3v) is 6.24. The first-order valence-electron chi connectivity index (χ1n) is 11.5. The third kappa shape index (κ3) is 4.70. The number of aromatic nitrogens is 2. The van der Waals surface area contributed by atoms with Crippen molar-refractivity contribution >= 4 is 28.3 Å². The van der Waals surface area contributed by atoms with Crippen LogP contribution in [0, 0.1) is 6.92 Å². The monoisotopic (exact) mass is 453 g/mol. The average Bonchev–Trinajstić information content (AvgIpc) is 3.35. The number of amides is 2. The largest absolute Gasteiger partial charge is 0.335 e. The van der Waals surface area contributed by atoms with E-state index in [0.29, 0.717) is 38.4 Å². The molecular formula is C27H27N5O2. The van der Waals surface area contributed by atoms with Crippen molar-refractivity contribution in [3.8, 4) is 11.3 Å². The van der Waals surface area contributed by atoms with Crippen molar-refractivity contribution in [1.29, 1.82) is 0 Å². The summed E-state index contributed by atoms with van der Waals surface area (Å²) in [4.78, 5) is 29.3. The minimum atomic E-state index is -0.0669. The molecule has 1 aromatic heterocycles. The summed E-state index contributed by atoms with van der Waals surface area (Å²) >= 11 is 0. The number of piperazine rings is 1. The molecule has 0 spiro atoms. The van der Waals surface area contributed by atoms with E-state index < -0.39 is 0 Å². The van der Waals surface area contributed by atoms with E-state index in [1.807, 2.05) is 66.4 Å². The summed E-state index contributed by atoms with van der Waals surface area (Å²) in [6.07, 6.45) is 0. The van der Waals surface area contributed by atoms with Gasteiger partial charge < -0.3 is 10.2 Å². The number of rotatable bonds is 5. The molecule has 172 valence electrons. The smallest absolute Gasteiger partial charge is 0.271 e. The van der Waals surface area contributed by atoms with Gasteiger partial charge in [-0.2, -0.15) is 5.10 Å². The Labute approximate surface area is 198 Å². The predicted octanol–water partition coefficient (Wildman–Crippen LogP) is 3.93. The zero-order valence-electron chi connectivity index (χ0n) is 19.1. The first-order chi connectivity index (χ1) is 16.6. The van der Waals surface area contributed by atoms with Gasteiger partial charge in [-0.1, -0.05) is 60.2 Å². The van der Waals surface area contributed by atoms with E-state index in [2.05, 4.69) is 38.6 Å². The van der Waals surface area contributed by atoms with Crippen LogP contribution in [0.3, 0.4) is 0 Å². The number of benzene rings is 3. The van der Waals surface area contributed by atoms with Gasteiger partial charge in [-0.15, -0.1) is 0 Å². The van der Waals surface area contributed by atoms with Gasteiger partial charge >= 0.3 is 0 Å². The van der Waals surface area contributed by atoms with Crippen LogP contribution < -0.4 is 5.32 Å². The number of H-pyrrole nitrogens is 1. The van der Waals surface area contributed by atoms with Gasteiger partial charge in [-0.05, 0) is 35.9 Å². The SMILES string of the molecule is Cc1ccc(NC(=O)CN2CCN(C(=O)c3cc(-c4cccc5ccccc45)n[nH]3)CC2)cc1. The third-order valence-electron chi connectivity index (χ3n) is 6.24. The number of hydrogen-bond acceptors (Lipinski definition) is 4. The molecule has 1 aliphatic rings. The number of aromatic amines is 1. The van der Waals surface area contributed by atoms with Crippen molar-refractivity contribution in [1.82, 2.24) is 20.0 Å². The van der Waals surface area contributed by atoms with Crippen LogP contribution in [-0.4, -0.2) is 64.5 Å². The molecule has 0 radical (unpaired) electrons. The molecule has 0 unspecified atom stereocenters. The first kappa shape index (κ1) is 21.9. The van der Waals surface area contributed by atoms with Crippen LogP contribution >= 0.6 is 0 Å². The second kappa shape index (κ2) is 9.49. The quantitative estimate of drug-likeness (QED) is 0.480. The normalized spacial score (nSPS) is 14.3. The lowest BCUT2D eigenvalue weighted by Gasteiger charge is -2.34. The van der Waals surface area contributed by atoms with Gasteiger partial charge in [0.2, 0.25) is 5.91 Å². The summed E-state index contributed by atoms with van der Waals surface area (Å²) in [7, 11) is 0. The van der Waals surface area contributed by atoms with Gasteiger partial charge in [0.25, 0.3) is 5.91 Å². The number of aryl methyl sites for hydroxylation is 1. The predicted molar refractivity (Wildman–Crippen MR) is 134 cm³/mol. The lowest BCUT2D eigenvalue weighted by atomic mass is 10.0. The average molecular weight is 454 g/mol. The van der Waals surface area contributed by atoms with E-state index in [0.717, 1.165) is 33.3 Å². The number of carbonyl (C=O) groups is 2. The van der Waals surface area contributed by atoms with Crippen LogP contribution in [0.15, 0.2) is 72.8 Å². The Kier molecular flexibility index (Phi) is 6.10. The van der Waals surface area contributed by atoms with Crippen LogP contribution in [-0.2, 0) is 4.79 Å². The lowest BCUT2D eigenvalue weighted by molar-refractivity contribution is -0.117. The lowest BCUT2D eigenvalue weighted by Crippen LogP contribution is -2.50. The number of nitrogens with zero attached hydrogens (tertiary/aromatic N) is 3. The van der Waals surface area contributed by atoms with Crippen LogP contribution in [0.1, 0.15) is 16.1 Å². The molecule has 34 heavy (non-hydrogen) atoms. The molecule has 0 bridgehead atoms. The summed E-state index contributed by atoms with van der Waals surface area (Å²) < 4.78 is 0. The second-order valence-electron chi connectivity index (χ2n) is 8.68. The van der Waals surface area contributed by atoms with Gasteiger partial charge in [0.15, 0.2) is 0 Å². The fourth-order valence-corrected chi connectivity index (χ4v) is 4.34. The molecule has 0 saturated carbocycles. The fourth-order valence-electron chi connectivity index (χ4n) is 4.34. The molecule has 2 amide bonds. The highest BCUT2D eigenvalue weighted by molar-refractivity contribution is 5.98. The van der Waals surface area contributed by atoms with E-state index in [1.54, 1.807) is 0 Å². The maximum atomic E-state index is 13.1. The van der Waals surface area contributed by atoms with Crippen molar-refractivity contribution in [3.63, 3.8) is 0 Å². The highest BCUT2D eigenvalue weighted by Gasteiger charge is 2.25. The Balaban J connectivity index is 1.18. The van der Waals surface area contributed by atoms with Crippen molar-refractivity contribution in [3.05, 3.63) is 84.1 Å². The van der Waals surface area contributed by atoms with Gasteiger partial charge in [0.1, 0.15) is 5.69 Å². The fraction of sp³-hybridized carbons (Fsp3) is 0.222. The molecule has 1 fully saturated rings. The number of anilines is 1. The molecule has 0 aliphatic carbocycles. The van der Waals surface area contributed by atoms with Crippen molar-refractivity contribution < 1.29 is 9.59 Å². The topological polar surface area (TPSA) is 81.3 Å². The second-order valence-corrected chi connectivity index (χ2v) is 8.68. The van der Waals surface area contributed by atoms with E-state index in [4.69, 9.17) is 0 Å². The van der Waals surface area contributed by atoms with Crippen molar-refractivity contribution in [2.24, 2.45) is 0 Å². The van der Waals surface area contributed by atoms with E-state index in [9.17, 15) is 9.59 Å². The molecule has 5 rings (SSSR count). The molecule has 1 aliphatic heterocycles. The summed E-state index contributed by atoms with van der Waals surface area (Å²) in [6.45, 7) is 4.76. The van der Waals surface area contributed by atoms with Crippen LogP contribution in [0.5, 0.6) is 0 Å². The molecule has 2 heterocycles. The van der Waals surface area contributed by atoms with Crippen LogP contribution in [0.2, 0.25) is 0 Å². The number of carbonyl (C=O) groups excluding carboxylic acids is 2. The maximum absolute atomic E-state index is 13.1. The molecule has 3 aromatic carbocycles. The highest BCUT2D eigenvalue weighted by Crippen LogP contribution is 2.27. The van der Waals surface area contributed by atoms with Crippen LogP contribution in [0.4, 0.5) is 5.69 Å². The minimum absolute atomic E-state index is 0.0445. The van der Waals surface area contributed by atoms with Crippen LogP contribution in [0.25, 0.3) is 22.0 Å². The molecule has 7 nitrogen and oxygen atoms in total. The summed E-state index contributed by atoms with van der Waals surface area (Å²) in [6, 6.07) is 23.8. The number of fused-ring (bicyclic) bond motifs is 1. The standard InChI is InChI=1S/C27H27N5O2/c1-19-9-11-21(12-10-19)28-26(33)18-31-13-15-32(16-14-31)27(34)25-17-24(29-30-25)23-8-4-6-20-5-2-3-7-22(20)23/h2-12,17H,13-16,18H2,1H3,(H,28,33)(H,29,30). The van der Waals surface area contributed by atoms with Gasteiger partial charge in [0, 0.05) is 37.4 Å². The molecule has 7 heteroatoms. The summed E-state index contributed by atoms with van der Waals surface area (Å²) in [5, 5.41) is 12.5. The Morgan fingerprint density at radius 2 is 1.68 bits per heavy atom. The molecule has 2 N–H and O–H groups in total. The Morgan fingerprint density at radius 3 is 2.47 bits per heavy atom. The van der Waals surface area contributed by atoms with Gasteiger partial charge in [-0.3, -0.25) is 19.6 Å². The minimum Gasteiger partial charge on any atom is -0.335 e. The van der Waals surface area contributed by atoms with Gasteiger partial charge in [-0.25, -0.2) is 0 Å². The first-order valence-corrected chi connectivity index (χ1v) is 11.5. The number of hydrogen-bond donors (Lipinski definition) is 2. The zero-order valence-corrected chi connectivity index (χ0v) is 19.1. The van der Waals surface area contributed by atoms with E-state index in [-0.39, 0.29) is 11.8 Å². The maximum Gasteiger partial charge on any atom is 0.271 e. The zero-order chi connectivity index (χ0) is 23.5. The molecule has 1 saturated heterocycles. The van der Waals surface area contributed by atoms with Gasteiger partial charge in [0.05, 0.1) is 12.2 Å². The Bertz CT molecular complexity index is 1320. The molecule has 4 aromatic rings. The highest BCUT2D eigenvalue weighted by atomic mass is 16.2. The Morgan fingerprint density at radius 1 is 0.941 bits per heavy atom. The summed E-state index contributed by atoms with van der Waals surface area (Å²) in [5.74, 6) is -0.111. The number of nitrogens with one attached hydrogen (secondary N) is 2. The van der Waals surface area contributed by atoms with E-state index >= 15 is 0 Å². The van der Waals surface area contributed by atoms with Crippen molar-refractivity contribution in [2.45, 2.75) is 6.92 Å². The van der Waals surface area contributed by atoms with E-state index in [1.165, 1.54) is 0 Å². The Hall–Kier alpha value is -3.97.